The summed E-state index contributed by atoms with van der Waals surface area (Å²) in [5.74, 6) is 0.883. The summed E-state index contributed by atoms with van der Waals surface area (Å²) in [6.45, 7) is 10.8. The number of carbonyl (C=O) groups is 1. The van der Waals surface area contributed by atoms with Crippen molar-refractivity contribution < 1.29 is 9.53 Å². The quantitative estimate of drug-likeness (QED) is 0.637. The molecule has 1 aliphatic carbocycles. The third-order valence-electron chi connectivity index (χ3n) is 3.99. The summed E-state index contributed by atoms with van der Waals surface area (Å²) in [6.07, 6.45) is 7.93. The predicted octanol–water partition coefficient (Wildman–Crippen LogP) is 5.71. The van der Waals surface area contributed by atoms with Crippen LogP contribution >= 0.6 is 15.9 Å². The number of nitrogens with one attached hydrogen (secondary N) is 1. The number of aryl methyl sites for hydroxylation is 2. The lowest BCUT2D eigenvalue weighted by molar-refractivity contribution is -0.117. The van der Waals surface area contributed by atoms with E-state index in [0.29, 0.717) is 17.9 Å². The molecule has 2 rings (SSSR count). The van der Waals surface area contributed by atoms with Crippen LogP contribution in [0.2, 0.25) is 0 Å². The topological polar surface area (TPSA) is 38.3 Å². The van der Waals surface area contributed by atoms with Crippen molar-refractivity contribution in [2.75, 3.05) is 11.9 Å². The van der Waals surface area contributed by atoms with Crippen LogP contribution in [0.4, 0.5) is 5.69 Å². The molecule has 1 aliphatic rings. The minimum absolute atomic E-state index is 0.0235. The number of carbonyl (C=O) groups excluding carboxylic acids is 1. The fraction of sp³-hybridized carbons (Fsp3) is 0.476. The highest BCUT2D eigenvalue weighted by molar-refractivity contribution is 9.09. The van der Waals surface area contributed by atoms with Crippen LogP contribution in [0.3, 0.4) is 0 Å². The Bertz CT molecular complexity index is 675. The zero-order valence-corrected chi connectivity index (χ0v) is 17.4. The number of anilines is 1. The van der Waals surface area contributed by atoms with E-state index in [1.54, 1.807) is 0 Å². The van der Waals surface area contributed by atoms with E-state index in [1.165, 1.54) is 5.57 Å². The highest BCUT2D eigenvalue weighted by Gasteiger charge is 2.17. The van der Waals surface area contributed by atoms with Crippen molar-refractivity contribution in [1.82, 2.24) is 0 Å². The zero-order valence-electron chi connectivity index (χ0n) is 15.8. The monoisotopic (exact) mass is 405 g/mol. The fourth-order valence-corrected chi connectivity index (χ4v) is 3.12. The van der Waals surface area contributed by atoms with E-state index in [-0.39, 0.29) is 11.3 Å². The van der Waals surface area contributed by atoms with Crippen LogP contribution in [-0.2, 0) is 4.79 Å². The third kappa shape index (κ3) is 6.35. The summed E-state index contributed by atoms with van der Waals surface area (Å²) in [6, 6.07) is 3.97. The first-order valence-corrected chi connectivity index (χ1v) is 9.61. The van der Waals surface area contributed by atoms with Gasteiger partial charge < -0.3 is 10.1 Å². The van der Waals surface area contributed by atoms with Crippen molar-refractivity contribution in [1.29, 1.82) is 0 Å². The average molecular weight is 406 g/mol. The van der Waals surface area contributed by atoms with Gasteiger partial charge in [-0.25, -0.2) is 0 Å². The molecule has 0 heterocycles. The molecular formula is C21H28BrNO2. The van der Waals surface area contributed by atoms with Crippen LogP contribution in [0.5, 0.6) is 5.75 Å². The molecule has 1 N–H and O–H groups in total. The minimum Gasteiger partial charge on any atom is -0.489 e. The maximum absolute atomic E-state index is 12.2. The van der Waals surface area contributed by atoms with Gasteiger partial charge in [-0.1, -0.05) is 54.9 Å². The number of allylic oxidation sites excluding steroid dienone is 2. The van der Waals surface area contributed by atoms with Crippen molar-refractivity contribution in [3.05, 3.63) is 47.1 Å². The van der Waals surface area contributed by atoms with E-state index < -0.39 is 0 Å². The van der Waals surface area contributed by atoms with Crippen LogP contribution in [0, 0.1) is 19.3 Å². The molecule has 0 saturated heterocycles. The van der Waals surface area contributed by atoms with Crippen molar-refractivity contribution in [2.24, 2.45) is 5.41 Å². The molecule has 0 bridgehead atoms. The molecule has 0 aliphatic heterocycles. The molecule has 4 heteroatoms. The molecular weight excluding hydrogens is 378 g/mol. The highest BCUT2D eigenvalue weighted by Crippen LogP contribution is 2.28. The van der Waals surface area contributed by atoms with E-state index in [2.05, 4.69) is 60.2 Å². The summed E-state index contributed by atoms with van der Waals surface area (Å²) in [5, 5.41) is 3.05. The van der Waals surface area contributed by atoms with Crippen LogP contribution in [0.15, 0.2) is 35.9 Å². The van der Waals surface area contributed by atoms with E-state index >= 15 is 0 Å². The van der Waals surface area contributed by atoms with Gasteiger partial charge in [0.2, 0.25) is 5.91 Å². The number of hydrogen-bond donors (Lipinski definition) is 1. The van der Waals surface area contributed by atoms with Crippen molar-refractivity contribution in [3.8, 4) is 5.75 Å². The number of amides is 1. The molecule has 1 unspecified atom stereocenters. The van der Waals surface area contributed by atoms with Crippen LogP contribution in [-0.4, -0.2) is 17.3 Å². The first-order valence-electron chi connectivity index (χ1n) is 8.69. The maximum atomic E-state index is 12.2. The first-order chi connectivity index (χ1) is 11.6. The largest absolute Gasteiger partial charge is 0.489 e. The van der Waals surface area contributed by atoms with Crippen molar-refractivity contribution in [2.45, 2.75) is 52.3 Å². The molecule has 3 nitrogen and oxygen atoms in total. The summed E-state index contributed by atoms with van der Waals surface area (Å²) >= 11 is 3.57. The van der Waals surface area contributed by atoms with Gasteiger partial charge in [0.05, 0.1) is 0 Å². The fourth-order valence-electron chi connectivity index (χ4n) is 2.78. The number of halogens is 1. The molecule has 0 fully saturated rings. The van der Waals surface area contributed by atoms with E-state index in [1.807, 2.05) is 26.0 Å². The van der Waals surface area contributed by atoms with Crippen LogP contribution in [0.1, 0.15) is 44.7 Å². The first kappa shape index (κ1) is 19.8. The average Bonchev–Trinajstić information content (AvgIpc) is 2.48. The van der Waals surface area contributed by atoms with Gasteiger partial charge in [-0.15, -0.1) is 0 Å². The summed E-state index contributed by atoms with van der Waals surface area (Å²) in [7, 11) is 0. The predicted molar refractivity (Wildman–Crippen MR) is 109 cm³/mol. The van der Waals surface area contributed by atoms with Crippen LogP contribution in [0.25, 0.3) is 0 Å². The van der Waals surface area contributed by atoms with E-state index in [9.17, 15) is 4.79 Å². The van der Waals surface area contributed by atoms with Crippen molar-refractivity contribution >= 4 is 27.5 Å². The number of alkyl halides is 1. The molecule has 1 atom stereocenters. The molecule has 0 aromatic heterocycles. The lowest BCUT2D eigenvalue weighted by Crippen LogP contribution is -2.20. The SMILES string of the molecule is Cc1cc(OCC2=CCC(Br)C=C2)cc(C)c1NC(=O)CC(C)(C)C. The van der Waals surface area contributed by atoms with Gasteiger partial charge in [0.25, 0.3) is 0 Å². The van der Waals surface area contributed by atoms with Crippen molar-refractivity contribution in [3.63, 3.8) is 0 Å². The number of ether oxygens (including phenoxy) is 1. The Labute approximate surface area is 159 Å². The van der Waals surface area contributed by atoms with E-state index in [0.717, 1.165) is 29.0 Å². The van der Waals surface area contributed by atoms with Gasteiger partial charge in [-0.05, 0) is 54.5 Å². The molecule has 1 aromatic rings. The summed E-state index contributed by atoms with van der Waals surface area (Å²) < 4.78 is 5.94. The summed E-state index contributed by atoms with van der Waals surface area (Å²) in [5.41, 5.74) is 4.09. The lowest BCUT2D eigenvalue weighted by atomic mass is 9.92. The normalized spacial score (nSPS) is 17.2. The zero-order chi connectivity index (χ0) is 18.6. The molecule has 0 radical (unpaired) electrons. The van der Waals surface area contributed by atoms with Gasteiger partial charge in [0.15, 0.2) is 0 Å². The van der Waals surface area contributed by atoms with Gasteiger partial charge in [0, 0.05) is 16.9 Å². The Hall–Kier alpha value is -1.55. The van der Waals surface area contributed by atoms with Gasteiger partial charge in [-0.2, -0.15) is 0 Å². The Balaban J connectivity index is 2.02. The molecule has 1 aromatic carbocycles. The van der Waals surface area contributed by atoms with Gasteiger partial charge in [0.1, 0.15) is 12.4 Å². The number of hydrogen-bond acceptors (Lipinski definition) is 2. The summed E-state index contributed by atoms with van der Waals surface area (Å²) in [4.78, 5) is 12.6. The third-order valence-corrected chi connectivity index (χ3v) is 4.67. The molecule has 136 valence electrons. The molecule has 0 saturated carbocycles. The standard InChI is InChI=1S/C21H28BrNO2/c1-14-10-18(25-13-16-6-8-17(22)9-7-16)11-15(2)20(14)23-19(24)12-21(3,4)5/h6-8,10-11,17H,9,12-13H2,1-5H3,(H,23,24). The van der Waals surface area contributed by atoms with Gasteiger partial charge >= 0.3 is 0 Å². The maximum Gasteiger partial charge on any atom is 0.224 e. The minimum atomic E-state index is -0.0235. The van der Waals surface area contributed by atoms with Crippen LogP contribution < -0.4 is 10.1 Å². The Morgan fingerprint density at radius 2 is 1.92 bits per heavy atom. The molecule has 1 amide bonds. The Morgan fingerprint density at radius 3 is 2.44 bits per heavy atom. The second-order valence-corrected chi connectivity index (χ2v) is 9.07. The Morgan fingerprint density at radius 1 is 1.28 bits per heavy atom. The highest BCUT2D eigenvalue weighted by atomic mass is 79.9. The van der Waals surface area contributed by atoms with E-state index in [4.69, 9.17) is 4.74 Å². The Kier molecular flexibility index (Phi) is 6.50. The van der Waals surface area contributed by atoms with Gasteiger partial charge in [-0.3, -0.25) is 4.79 Å². The second-order valence-electron chi connectivity index (χ2n) is 7.90. The second kappa shape index (κ2) is 8.22. The molecule has 0 spiro atoms. The number of benzene rings is 1. The lowest BCUT2D eigenvalue weighted by Gasteiger charge is -2.19. The number of rotatable bonds is 5. The molecule has 25 heavy (non-hydrogen) atoms. The smallest absolute Gasteiger partial charge is 0.224 e.